The van der Waals surface area contributed by atoms with Crippen LogP contribution in [0.15, 0.2) is 12.7 Å². The summed E-state index contributed by atoms with van der Waals surface area (Å²) in [6.45, 7) is 3.59. The van der Waals surface area contributed by atoms with Gasteiger partial charge in [-0.15, -0.1) is 6.58 Å². The van der Waals surface area contributed by atoms with E-state index in [2.05, 4.69) is 6.58 Å². The first-order chi connectivity index (χ1) is 5.25. The molecule has 1 rings (SSSR count). The third kappa shape index (κ3) is 1.47. The molecule has 1 N–H and O–H groups in total. The van der Waals surface area contributed by atoms with E-state index in [-0.39, 0.29) is 11.7 Å². The zero-order valence-electron chi connectivity index (χ0n) is 7.05. The topological polar surface area (TPSA) is 29.5 Å². The third-order valence-electron chi connectivity index (χ3n) is 2.60. The van der Waals surface area contributed by atoms with Crippen LogP contribution >= 0.6 is 0 Å². The van der Waals surface area contributed by atoms with Crippen LogP contribution in [0.3, 0.4) is 0 Å². The van der Waals surface area contributed by atoms with Crippen LogP contribution in [0.5, 0.6) is 0 Å². The predicted octanol–water partition coefficient (Wildman–Crippen LogP) is 1.49. The molecule has 1 unspecified atom stereocenters. The SMILES string of the molecule is C=CCC(O)C1(OC)CCC1. The zero-order chi connectivity index (χ0) is 8.32. The Morgan fingerprint density at radius 2 is 2.36 bits per heavy atom. The molecule has 0 amide bonds. The molecule has 0 aromatic carbocycles. The molecule has 0 aliphatic heterocycles. The Morgan fingerprint density at radius 3 is 2.64 bits per heavy atom. The van der Waals surface area contributed by atoms with Crippen molar-refractivity contribution in [3.63, 3.8) is 0 Å². The molecule has 0 spiro atoms. The highest BCUT2D eigenvalue weighted by molar-refractivity contribution is 4.97. The van der Waals surface area contributed by atoms with Gasteiger partial charge in [-0.05, 0) is 25.7 Å². The minimum atomic E-state index is -0.362. The van der Waals surface area contributed by atoms with Crippen molar-refractivity contribution in [2.24, 2.45) is 0 Å². The number of hydrogen-bond donors (Lipinski definition) is 1. The smallest absolute Gasteiger partial charge is 0.0939 e. The fraction of sp³-hybridized carbons (Fsp3) is 0.778. The Balaban J connectivity index is 2.46. The Hall–Kier alpha value is -0.340. The van der Waals surface area contributed by atoms with E-state index in [9.17, 15) is 5.11 Å². The van der Waals surface area contributed by atoms with Crippen molar-refractivity contribution in [2.45, 2.75) is 37.4 Å². The van der Waals surface area contributed by atoms with Crippen LogP contribution in [0.25, 0.3) is 0 Å². The minimum absolute atomic E-state index is 0.242. The van der Waals surface area contributed by atoms with Crippen LogP contribution < -0.4 is 0 Å². The standard InChI is InChI=1S/C9H16O2/c1-3-5-8(10)9(11-2)6-4-7-9/h3,8,10H,1,4-7H2,2H3. The van der Waals surface area contributed by atoms with Gasteiger partial charge in [-0.1, -0.05) is 6.08 Å². The molecule has 2 nitrogen and oxygen atoms in total. The van der Waals surface area contributed by atoms with Gasteiger partial charge >= 0.3 is 0 Å². The molecule has 0 aromatic heterocycles. The number of ether oxygens (including phenoxy) is 1. The van der Waals surface area contributed by atoms with Crippen LogP contribution in [0.2, 0.25) is 0 Å². The number of rotatable bonds is 4. The van der Waals surface area contributed by atoms with Crippen LogP contribution in [-0.4, -0.2) is 23.9 Å². The first-order valence-corrected chi connectivity index (χ1v) is 4.09. The lowest BCUT2D eigenvalue weighted by molar-refractivity contribution is -0.147. The molecule has 1 fully saturated rings. The van der Waals surface area contributed by atoms with Gasteiger partial charge in [-0.25, -0.2) is 0 Å². The van der Waals surface area contributed by atoms with E-state index < -0.39 is 0 Å². The molecule has 1 saturated carbocycles. The number of hydrogen-bond acceptors (Lipinski definition) is 2. The van der Waals surface area contributed by atoms with E-state index in [1.807, 2.05) is 0 Å². The molecule has 0 aromatic rings. The van der Waals surface area contributed by atoms with E-state index in [1.54, 1.807) is 13.2 Å². The Bertz CT molecular complexity index is 133. The second kappa shape index (κ2) is 3.37. The molecule has 0 bridgehead atoms. The molecule has 11 heavy (non-hydrogen) atoms. The van der Waals surface area contributed by atoms with Gasteiger partial charge in [0.25, 0.3) is 0 Å². The molecule has 0 saturated heterocycles. The van der Waals surface area contributed by atoms with Crippen LogP contribution in [0.1, 0.15) is 25.7 Å². The van der Waals surface area contributed by atoms with Crippen molar-refractivity contribution >= 4 is 0 Å². The lowest BCUT2D eigenvalue weighted by atomic mass is 9.75. The van der Waals surface area contributed by atoms with Gasteiger partial charge in [-0.3, -0.25) is 0 Å². The molecule has 64 valence electrons. The minimum Gasteiger partial charge on any atom is -0.390 e. The van der Waals surface area contributed by atoms with Gasteiger partial charge in [0.05, 0.1) is 11.7 Å². The maximum atomic E-state index is 9.62. The third-order valence-corrected chi connectivity index (χ3v) is 2.60. The van der Waals surface area contributed by atoms with Gasteiger partial charge in [0.15, 0.2) is 0 Å². The quantitative estimate of drug-likeness (QED) is 0.625. The summed E-state index contributed by atoms with van der Waals surface area (Å²) < 4.78 is 5.29. The summed E-state index contributed by atoms with van der Waals surface area (Å²) in [6, 6.07) is 0. The average molecular weight is 156 g/mol. The molecule has 2 heteroatoms. The Kier molecular flexibility index (Phi) is 2.68. The Morgan fingerprint density at radius 1 is 1.73 bits per heavy atom. The van der Waals surface area contributed by atoms with Gasteiger partial charge in [0.2, 0.25) is 0 Å². The van der Waals surface area contributed by atoms with Crippen molar-refractivity contribution in [3.05, 3.63) is 12.7 Å². The summed E-state index contributed by atoms with van der Waals surface area (Å²) in [5, 5.41) is 9.62. The number of methoxy groups -OCH3 is 1. The fourth-order valence-electron chi connectivity index (χ4n) is 1.57. The van der Waals surface area contributed by atoms with E-state index in [0.717, 1.165) is 12.8 Å². The summed E-state index contributed by atoms with van der Waals surface area (Å²) in [6.07, 6.45) is 5.15. The van der Waals surface area contributed by atoms with Crippen molar-refractivity contribution in [2.75, 3.05) is 7.11 Å². The first-order valence-electron chi connectivity index (χ1n) is 4.09. The summed E-state index contributed by atoms with van der Waals surface area (Å²) in [5.74, 6) is 0. The van der Waals surface area contributed by atoms with Crippen molar-refractivity contribution in [3.8, 4) is 0 Å². The largest absolute Gasteiger partial charge is 0.390 e. The summed E-state index contributed by atoms with van der Waals surface area (Å²) in [4.78, 5) is 0. The predicted molar refractivity (Wildman–Crippen MR) is 44.4 cm³/mol. The highest BCUT2D eigenvalue weighted by Crippen LogP contribution is 2.39. The van der Waals surface area contributed by atoms with Crippen LogP contribution in [-0.2, 0) is 4.74 Å². The summed E-state index contributed by atoms with van der Waals surface area (Å²) in [7, 11) is 1.67. The maximum absolute atomic E-state index is 9.62. The van der Waals surface area contributed by atoms with E-state index >= 15 is 0 Å². The van der Waals surface area contributed by atoms with Crippen molar-refractivity contribution < 1.29 is 9.84 Å². The molecular formula is C9H16O2. The van der Waals surface area contributed by atoms with Gasteiger partial charge in [-0.2, -0.15) is 0 Å². The molecule has 0 radical (unpaired) electrons. The Labute approximate surface area is 67.9 Å². The van der Waals surface area contributed by atoms with Crippen LogP contribution in [0, 0.1) is 0 Å². The van der Waals surface area contributed by atoms with Crippen molar-refractivity contribution in [1.29, 1.82) is 0 Å². The molecule has 1 aliphatic rings. The van der Waals surface area contributed by atoms with Crippen LogP contribution in [0.4, 0.5) is 0 Å². The number of aliphatic hydroxyl groups is 1. The zero-order valence-corrected chi connectivity index (χ0v) is 7.05. The number of aliphatic hydroxyl groups excluding tert-OH is 1. The molecule has 1 atom stereocenters. The van der Waals surface area contributed by atoms with Gasteiger partial charge < -0.3 is 9.84 Å². The monoisotopic (exact) mass is 156 g/mol. The molecule has 0 heterocycles. The fourth-order valence-corrected chi connectivity index (χ4v) is 1.57. The first kappa shape index (κ1) is 8.75. The average Bonchev–Trinajstić information content (AvgIpc) is 1.87. The molecular weight excluding hydrogens is 140 g/mol. The molecule has 1 aliphatic carbocycles. The van der Waals surface area contributed by atoms with E-state index in [4.69, 9.17) is 4.74 Å². The highest BCUT2D eigenvalue weighted by atomic mass is 16.5. The van der Waals surface area contributed by atoms with Gasteiger partial charge in [0.1, 0.15) is 0 Å². The maximum Gasteiger partial charge on any atom is 0.0939 e. The lowest BCUT2D eigenvalue weighted by Gasteiger charge is -2.43. The van der Waals surface area contributed by atoms with Gasteiger partial charge in [0, 0.05) is 7.11 Å². The highest BCUT2D eigenvalue weighted by Gasteiger charge is 2.42. The second-order valence-corrected chi connectivity index (χ2v) is 3.16. The van der Waals surface area contributed by atoms with Crippen molar-refractivity contribution in [1.82, 2.24) is 0 Å². The van der Waals surface area contributed by atoms with E-state index in [1.165, 1.54) is 6.42 Å². The van der Waals surface area contributed by atoms with E-state index in [0.29, 0.717) is 6.42 Å². The second-order valence-electron chi connectivity index (χ2n) is 3.16. The lowest BCUT2D eigenvalue weighted by Crippen LogP contribution is -2.49. The summed E-state index contributed by atoms with van der Waals surface area (Å²) >= 11 is 0. The summed E-state index contributed by atoms with van der Waals surface area (Å²) in [5.41, 5.74) is -0.242. The normalized spacial score (nSPS) is 23.8.